The molecule has 1 aliphatic heterocycles. The molecular formula is C20H27F2N5O4S. The molecular weight excluding hydrogens is 444 g/mol. The molecule has 32 heavy (non-hydrogen) atoms. The van der Waals surface area contributed by atoms with Gasteiger partial charge in [0, 0.05) is 36.2 Å². The molecule has 0 bridgehead atoms. The van der Waals surface area contributed by atoms with Crippen LogP contribution in [0.1, 0.15) is 62.4 Å². The van der Waals surface area contributed by atoms with Crippen molar-refractivity contribution >= 4 is 27.0 Å². The van der Waals surface area contributed by atoms with Crippen molar-refractivity contribution in [1.29, 1.82) is 0 Å². The van der Waals surface area contributed by atoms with Crippen LogP contribution in [0.2, 0.25) is 0 Å². The Morgan fingerprint density at radius 3 is 2.62 bits per heavy atom. The molecule has 2 fully saturated rings. The van der Waals surface area contributed by atoms with E-state index in [0.29, 0.717) is 19.3 Å². The van der Waals surface area contributed by atoms with Gasteiger partial charge in [-0.05, 0) is 45.0 Å². The minimum absolute atomic E-state index is 0.0660. The Morgan fingerprint density at radius 1 is 1.38 bits per heavy atom. The molecule has 0 amide bonds. The van der Waals surface area contributed by atoms with Crippen molar-refractivity contribution in [2.45, 2.75) is 63.0 Å². The second-order valence-corrected chi connectivity index (χ2v) is 10.3. The van der Waals surface area contributed by atoms with Gasteiger partial charge in [-0.25, -0.2) is 26.5 Å². The summed E-state index contributed by atoms with van der Waals surface area (Å²) < 4.78 is 86.2. The molecule has 2 atom stereocenters. The standard InChI is InChI=1S/C20H27F2N5O4S/c1-20(29)7-3-4-15(20)27-17-12(10-14(16(21)22)18(27)28)11-23-19(25-17)24-13-5-8-26(9-6-13)32(2,30)31/h10-11,13,15-16,29H,3-9H2,1-2H3,(H,23,24,25)/t15-,20-/m1/s1/i5D2,6D2. The zero-order chi connectivity index (χ0) is 26.8. The molecule has 12 heteroatoms. The van der Waals surface area contributed by atoms with Gasteiger partial charge in [0.15, 0.2) is 0 Å². The molecule has 1 aliphatic carbocycles. The van der Waals surface area contributed by atoms with Crippen molar-refractivity contribution in [2.75, 3.05) is 24.7 Å². The average molecular weight is 476 g/mol. The van der Waals surface area contributed by atoms with E-state index in [-0.39, 0.29) is 17.0 Å². The number of fused-ring (bicyclic) bond motifs is 1. The van der Waals surface area contributed by atoms with Crippen LogP contribution in [0, 0.1) is 0 Å². The fourth-order valence-corrected chi connectivity index (χ4v) is 4.79. The summed E-state index contributed by atoms with van der Waals surface area (Å²) in [6, 6.07) is -1.45. The van der Waals surface area contributed by atoms with E-state index in [9.17, 15) is 27.1 Å². The fourth-order valence-electron chi connectivity index (χ4n) is 4.17. The van der Waals surface area contributed by atoms with Crippen LogP contribution in [0.3, 0.4) is 0 Å². The van der Waals surface area contributed by atoms with Crippen LogP contribution in [-0.2, 0) is 10.0 Å². The summed E-state index contributed by atoms with van der Waals surface area (Å²) in [6.07, 6.45) is -4.56. The van der Waals surface area contributed by atoms with E-state index in [0.717, 1.165) is 27.4 Å². The number of nitrogens with one attached hydrogen (secondary N) is 1. The normalized spacial score (nSPS) is 30.6. The van der Waals surface area contributed by atoms with Crippen LogP contribution in [-0.4, -0.2) is 63.4 Å². The molecule has 0 unspecified atom stereocenters. The summed E-state index contributed by atoms with van der Waals surface area (Å²) in [4.78, 5) is 21.3. The van der Waals surface area contributed by atoms with E-state index in [4.69, 9.17) is 5.48 Å². The van der Waals surface area contributed by atoms with Crippen molar-refractivity contribution in [1.82, 2.24) is 18.8 Å². The van der Waals surface area contributed by atoms with Gasteiger partial charge in [0.05, 0.1) is 23.5 Å². The van der Waals surface area contributed by atoms with Crippen LogP contribution in [0.25, 0.3) is 11.0 Å². The quantitative estimate of drug-likeness (QED) is 0.680. The van der Waals surface area contributed by atoms with Crippen LogP contribution in [0.4, 0.5) is 14.7 Å². The Hall–Kier alpha value is -2.18. The van der Waals surface area contributed by atoms with Gasteiger partial charge in [-0.1, -0.05) is 0 Å². The first-order chi connectivity index (χ1) is 16.4. The fraction of sp³-hybridized carbons (Fsp3) is 0.650. The van der Waals surface area contributed by atoms with Crippen molar-refractivity contribution in [3.8, 4) is 0 Å². The zero-order valence-corrected chi connectivity index (χ0v) is 18.4. The number of pyridine rings is 1. The maximum absolute atomic E-state index is 13.6. The highest BCUT2D eigenvalue weighted by atomic mass is 32.2. The number of hydrogen-bond donors (Lipinski definition) is 2. The topological polar surface area (TPSA) is 117 Å². The number of sulfonamides is 1. The summed E-state index contributed by atoms with van der Waals surface area (Å²) in [7, 11) is -3.86. The first kappa shape index (κ1) is 18.3. The lowest BCUT2D eigenvalue weighted by Crippen LogP contribution is -2.42. The highest BCUT2D eigenvalue weighted by Crippen LogP contribution is 2.39. The Bertz CT molecular complexity index is 1340. The van der Waals surface area contributed by atoms with Crippen LogP contribution in [0.15, 0.2) is 17.1 Å². The SMILES string of the molecule is [2H]C1([2H])CN(S(C)(=O)=O)CC([2H])([2H])C1Nc1ncc2cc(C(F)F)c(=O)n([C@@H]3CCC[C@@]3(C)O)c2n1. The predicted molar refractivity (Wildman–Crippen MR) is 115 cm³/mol. The predicted octanol–water partition coefficient (Wildman–Crippen LogP) is 2.04. The maximum Gasteiger partial charge on any atom is 0.269 e. The number of aliphatic hydroxyl groups is 1. The van der Waals surface area contributed by atoms with E-state index in [1.165, 1.54) is 6.92 Å². The first-order valence-corrected chi connectivity index (χ1v) is 11.9. The molecule has 0 radical (unpaired) electrons. The molecule has 2 N–H and O–H groups in total. The molecule has 3 heterocycles. The zero-order valence-electron chi connectivity index (χ0n) is 21.5. The van der Waals surface area contributed by atoms with Crippen molar-refractivity contribution in [3.05, 3.63) is 28.2 Å². The van der Waals surface area contributed by atoms with E-state index in [1.54, 1.807) is 0 Å². The smallest absolute Gasteiger partial charge is 0.269 e. The average Bonchev–Trinajstić information content (AvgIpc) is 3.07. The minimum Gasteiger partial charge on any atom is -0.388 e. The van der Waals surface area contributed by atoms with E-state index >= 15 is 0 Å². The maximum atomic E-state index is 13.6. The number of halogens is 2. The molecule has 0 spiro atoms. The number of rotatable bonds is 5. The molecule has 0 aromatic carbocycles. The number of nitrogens with zero attached hydrogens (tertiary/aromatic N) is 4. The third-order valence-electron chi connectivity index (χ3n) is 5.91. The van der Waals surface area contributed by atoms with Gasteiger partial charge in [0.25, 0.3) is 12.0 Å². The summed E-state index contributed by atoms with van der Waals surface area (Å²) in [5.74, 6) is -0.274. The Kier molecular flexibility index (Phi) is 4.74. The van der Waals surface area contributed by atoms with Crippen molar-refractivity contribution in [3.63, 3.8) is 0 Å². The lowest BCUT2D eigenvalue weighted by atomic mass is 9.99. The highest BCUT2D eigenvalue weighted by Gasteiger charge is 2.40. The van der Waals surface area contributed by atoms with Gasteiger partial charge >= 0.3 is 0 Å². The first-order valence-electron chi connectivity index (χ1n) is 12.1. The van der Waals surface area contributed by atoms with Gasteiger partial charge < -0.3 is 10.4 Å². The third-order valence-corrected chi connectivity index (χ3v) is 7.11. The number of aromatic nitrogens is 3. The molecule has 176 valence electrons. The second-order valence-electron chi connectivity index (χ2n) is 8.33. The lowest BCUT2D eigenvalue weighted by Gasteiger charge is -2.31. The summed E-state index contributed by atoms with van der Waals surface area (Å²) in [6.45, 7) is 0.297. The van der Waals surface area contributed by atoms with E-state index in [2.05, 4.69) is 15.3 Å². The monoisotopic (exact) mass is 475 g/mol. The Morgan fingerprint density at radius 2 is 2.06 bits per heavy atom. The molecule has 1 saturated carbocycles. The number of piperidine rings is 1. The Labute approximate surface area is 190 Å². The van der Waals surface area contributed by atoms with Crippen LogP contribution >= 0.6 is 0 Å². The molecule has 2 aromatic heterocycles. The summed E-state index contributed by atoms with van der Waals surface area (Å²) in [5, 5.41) is 13.5. The summed E-state index contributed by atoms with van der Waals surface area (Å²) in [5.41, 5.74) is -3.20. The van der Waals surface area contributed by atoms with Crippen molar-refractivity contribution < 1.29 is 27.8 Å². The molecule has 4 rings (SSSR count). The molecule has 2 aliphatic rings. The lowest BCUT2D eigenvalue weighted by molar-refractivity contribution is 0.0261. The van der Waals surface area contributed by atoms with Gasteiger partial charge in [-0.3, -0.25) is 9.36 Å². The molecule has 2 aromatic rings. The second kappa shape index (κ2) is 8.31. The third kappa shape index (κ3) is 4.35. The van der Waals surface area contributed by atoms with Gasteiger partial charge in [-0.2, -0.15) is 4.98 Å². The van der Waals surface area contributed by atoms with Crippen LogP contribution < -0.4 is 10.9 Å². The van der Waals surface area contributed by atoms with Crippen molar-refractivity contribution in [2.24, 2.45) is 0 Å². The molecule has 1 saturated heterocycles. The number of alkyl halides is 2. The van der Waals surface area contributed by atoms with E-state index < -0.39 is 71.1 Å². The number of anilines is 1. The highest BCUT2D eigenvalue weighted by molar-refractivity contribution is 7.88. The van der Waals surface area contributed by atoms with Crippen LogP contribution in [0.5, 0.6) is 0 Å². The van der Waals surface area contributed by atoms with Gasteiger partial charge in [-0.15, -0.1) is 0 Å². The van der Waals surface area contributed by atoms with E-state index in [1.807, 2.05) is 0 Å². The van der Waals surface area contributed by atoms with Gasteiger partial charge in [0.1, 0.15) is 5.65 Å². The molecule has 9 nitrogen and oxygen atoms in total. The largest absolute Gasteiger partial charge is 0.388 e. The summed E-state index contributed by atoms with van der Waals surface area (Å²) >= 11 is 0. The minimum atomic E-state index is -3.86. The van der Waals surface area contributed by atoms with Gasteiger partial charge in [0.2, 0.25) is 16.0 Å². The Balaban J connectivity index is 1.81. The number of hydrogen-bond acceptors (Lipinski definition) is 7.